The number of benzene rings is 3. The highest BCUT2D eigenvalue weighted by atomic mass is 16.5. The van der Waals surface area contributed by atoms with Crippen LogP contribution in [0.1, 0.15) is 79.4 Å². The summed E-state index contributed by atoms with van der Waals surface area (Å²) in [6, 6.07) is 22.1. The minimum Gasteiger partial charge on any atom is -0.496 e. The first kappa shape index (κ1) is 35.2. The first-order valence-electron chi connectivity index (χ1n) is 16.9. The fourth-order valence-corrected chi connectivity index (χ4v) is 6.55. The maximum absolute atomic E-state index is 12.1. The van der Waals surface area contributed by atoms with E-state index < -0.39 is 6.09 Å². The summed E-state index contributed by atoms with van der Waals surface area (Å²) >= 11 is 0. The normalized spacial score (nSPS) is 18.8. The van der Waals surface area contributed by atoms with Gasteiger partial charge in [0.25, 0.3) is 0 Å². The Bertz CT molecular complexity index is 1500. The van der Waals surface area contributed by atoms with Crippen LogP contribution in [0.3, 0.4) is 0 Å². The molecule has 1 fully saturated rings. The molecule has 0 radical (unpaired) electrons. The lowest BCUT2D eigenvalue weighted by Crippen LogP contribution is -2.46. The van der Waals surface area contributed by atoms with Crippen molar-refractivity contribution in [3.8, 4) is 11.5 Å². The quantitative estimate of drug-likeness (QED) is 0.156. The number of nitrogens with one attached hydrogen (secondary N) is 1. The Hall–Kier alpha value is -4.12. The van der Waals surface area contributed by atoms with Crippen molar-refractivity contribution >= 4 is 17.7 Å². The molecule has 10 heteroatoms. The zero-order valence-electron chi connectivity index (χ0n) is 28.2. The number of carbonyl (C=O) groups is 2. The molecule has 0 spiro atoms. The predicted molar refractivity (Wildman–Crippen MR) is 183 cm³/mol. The molecule has 2 heterocycles. The van der Waals surface area contributed by atoms with E-state index in [1.165, 1.54) is 4.90 Å². The van der Waals surface area contributed by atoms with Crippen LogP contribution in [0.2, 0.25) is 0 Å². The van der Waals surface area contributed by atoms with Gasteiger partial charge in [-0.15, -0.1) is 0 Å². The molecule has 10 nitrogen and oxygen atoms in total. The van der Waals surface area contributed by atoms with Gasteiger partial charge in [0.2, 0.25) is 5.91 Å². The molecule has 0 aliphatic carbocycles. The summed E-state index contributed by atoms with van der Waals surface area (Å²) in [4.78, 5) is 25.6. The Morgan fingerprint density at radius 3 is 2.58 bits per heavy atom. The fourth-order valence-electron chi connectivity index (χ4n) is 6.55. The lowest BCUT2D eigenvalue weighted by Gasteiger charge is -2.39. The van der Waals surface area contributed by atoms with Gasteiger partial charge in [-0.1, -0.05) is 42.5 Å². The van der Waals surface area contributed by atoms with E-state index in [0.717, 1.165) is 52.3 Å². The second-order valence-corrected chi connectivity index (χ2v) is 12.4. The number of aryl methyl sites for hydroxylation is 1. The standard InChI is InChI=1S/C38H48N2O8/c1-26(31-8-4-5-9-35(31)45-3)46-22-7-23-47-30-16-13-27(14-17-30)32-19-20-40(38(42)43)25-36(32)48-34(10-6-21-44-2)29-12-11-28-15-18-37(41)39-33(28)24-29/h4-5,8-9,11-14,16-17,24,26,32,34,36H,6-7,10,15,18-23,25H2,1-3H3,(H,39,41)(H,42,43). The Morgan fingerprint density at radius 2 is 1.81 bits per heavy atom. The second-order valence-electron chi connectivity index (χ2n) is 12.4. The monoisotopic (exact) mass is 660 g/mol. The zero-order valence-corrected chi connectivity index (χ0v) is 28.2. The minimum atomic E-state index is -0.945. The largest absolute Gasteiger partial charge is 0.496 e. The Labute approximate surface area is 283 Å². The van der Waals surface area contributed by atoms with Crippen molar-refractivity contribution in [3.63, 3.8) is 0 Å². The van der Waals surface area contributed by atoms with Gasteiger partial charge < -0.3 is 39.0 Å². The number of anilines is 1. The maximum Gasteiger partial charge on any atom is 0.407 e. The number of ether oxygens (including phenoxy) is 5. The average Bonchev–Trinajstić information content (AvgIpc) is 3.11. The van der Waals surface area contributed by atoms with Crippen LogP contribution in [0, 0.1) is 0 Å². The third kappa shape index (κ3) is 9.27. The van der Waals surface area contributed by atoms with Crippen molar-refractivity contribution in [1.29, 1.82) is 0 Å². The number of fused-ring (bicyclic) bond motifs is 1. The Kier molecular flexibility index (Phi) is 12.7. The van der Waals surface area contributed by atoms with Crippen LogP contribution in [0.25, 0.3) is 0 Å². The summed E-state index contributed by atoms with van der Waals surface area (Å²) in [5, 5.41) is 12.8. The van der Waals surface area contributed by atoms with E-state index in [0.29, 0.717) is 52.0 Å². The number of rotatable bonds is 16. The first-order chi connectivity index (χ1) is 23.4. The summed E-state index contributed by atoms with van der Waals surface area (Å²) < 4.78 is 29.7. The summed E-state index contributed by atoms with van der Waals surface area (Å²) in [6.07, 6.45) is 2.37. The molecule has 3 aromatic rings. The molecule has 4 unspecified atom stereocenters. The van der Waals surface area contributed by atoms with Crippen LogP contribution >= 0.6 is 0 Å². The molecule has 48 heavy (non-hydrogen) atoms. The predicted octanol–water partition coefficient (Wildman–Crippen LogP) is 7.15. The van der Waals surface area contributed by atoms with Gasteiger partial charge >= 0.3 is 6.09 Å². The van der Waals surface area contributed by atoms with Crippen LogP contribution < -0.4 is 14.8 Å². The van der Waals surface area contributed by atoms with Gasteiger partial charge in [0, 0.05) is 50.3 Å². The highest BCUT2D eigenvalue weighted by Gasteiger charge is 2.35. The van der Waals surface area contributed by atoms with Crippen LogP contribution in [0.5, 0.6) is 11.5 Å². The number of likely N-dealkylation sites (tertiary alicyclic amines) is 1. The number of methoxy groups -OCH3 is 2. The maximum atomic E-state index is 12.1. The average molecular weight is 661 g/mol. The fraction of sp³-hybridized carbons (Fsp3) is 0.474. The number of hydrogen-bond donors (Lipinski definition) is 2. The number of carboxylic acid groups (broad SMARTS) is 1. The summed E-state index contributed by atoms with van der Waals surface area (Å²) in [6.45, 7) is 4.39. The van der Waals surface area contributed by atoms with Crippen LogP contribution in [-0.2, 0) is 25.4 Å². The highest BCUT2D eigenvalue weighted by molar-refractivity contribution is 5.94. The van der Waals surface area contributed by atoms with Crippen LogP contribution in [0.15, 0.2) is 66.7 Å². The second kappa shape index (κ2) is 17.3. The van der Waals surface area contributed by atoms with Crippen molar-refractivity contribution in [1.82, 2.24) is 4.90 Å². The molecule has 0 saturated carbocycles. The third-order valence-electron chi connectivity index (χ3n) is 9.20. The van der Waals surface area contributed by atoms with Gasteiger partial charge in [0.1, 0.15) is 11.5 Å². The number of hydrogen-bond acceptors (Lipinski definition) is 7. The molecular formula is C38H48N2O8. The van der Waals surface area contributed by atoms with Crippen molar-refractivity contribution < 1.29 is 38.4 Å². The summed E-state index contributed by atoms with van der Waals surface area (Å²) in [5.74, 6) is 1.60. The van der Waals surface area contributed by atoms with E-state index in [1.54, 1.807) is 14.2 Å². The number of carbonyl (C=O) groups excluding carboxylic acids is 1. The highest BCUT2D eigenvalue weighted by Crippen LogP contribution is 2.37. The third-order valence-corrected chi connectivity index (χ3v) is 9.20. The smallest absolute Gasteiger partial charge is 0.407 e. The number of amides is 2. The van der Waals surface area contributed by atoms with Crippen molar-refractivity contribution in [3.05, 3.63) is 89.0 Å². The lowest BCUT2D eigenvalue weighted by molar-refractivity contribution is -0.116. The molecule has 5 rings (SSSR count). The zero-order chi connectivity index (χ0) is 33.9. The van der Waals surface area contributed by atoms with Gasteiger partial charge in [-0.2, -0.15) is 0 Å². The van der Waals surface area contributed by atoms with E-state index in [4.69, 9.17) is 23.7 Å². The van der Waals surface area contributed by atoms with E-state index in [2.05, 4.69) is 29.6 Å². The topological polar surface area (TPSA) is 116 Å². The molecule has 2 aliphatic rings. The van der Waals surface area contributed by atoms with Gasteiger partial charge in [-0.25, -0.2) is 4.79 Å². The molecular weight excluding hydrogens is 612 g/mol. The van der Waals surface area contributed by atoms with Gasteiger partial charge in [-0.3, -0.25) is 4.79 Å². The van der Waals surface area contributed by atoms with Gasteiger partial charge in [0.15, 0.2) is 0 Å². The molecule has 3 aromatic carbocycles. The van der Waals surface area contributed by atoms with E-state index in [9.17, 15) is 14.7 Å². The van der Waals surface area contributed by atoms with Crippen molar-refractivity contribution in [2.45, 2.75) is 69.7 Å². The van der Waals surface area contributed by atoms with E-state index in [-0.39, 0.29) is 36.7 Å². The number of nitrogens with zero attached hydrogens (tertiary/aromatic N) is 1. The van der Waals surface area contributed by atoms with Crippen LogP contribution in [0.4, 0.5) is 10.5 Å². The molecule has 2 aliphatic heterocycles. The molecule has 1 saturated heterocycles. The van der Waals surface area contributed by atoms with Crippen molar-refractivity contribution in [2.75, 3.05) is 52.4 Å². The molecule has 0 aromatic heterocycles. The van der Waals surface area contributed by atoms with E-state index in [1.807, 2.05) is 49.4 Å². The SMILES string of the molecule is COCCCC(OC1CN(C(=O)O)CCC1c1ccc(OCCCOC(C)c2ccccc2OC)cc1)c1ccc2c(c1)NC(=O)CC2. The number of piperidine rings is 1. The van der Waals surface area contributed by atoms with Gasteiger partial charge in [-0.05, 0) is 73.6 Å². The van der Waals surface area contributed by atoms with Crippen molar-refractivity contribution in [2.24, 2.45) is 0 Å². The summed E-state index contributed by atoms with van der Waals surface area (Å²) in [5.41, 5.74) is 5.00. The molecule has 2 amide bonds. The van der Waals surface area contributed by atoms with Gasteiger partial charge in [0.05, 0.1) is 45.2 Å². The molecule has 0 bridgehead atoms. The molecule has 2 N–H and O–H groups in total. The van der Waals surface area contributed by atoms with E-state index >= 15 is 0 Å². The Balaban J connectivity index is 1.22. The first-order valence-corrected chi connectivity index (χ1v) is 16.9. The summed E-state index contributed by atoms with van der Waals surface area (Å²) in [7, 11) is 3.34. The lowest BCUT2D eigenvalue weighted by atomic mass is 9.86. The number of para-hydroxylation sites is 1. The molecule has 4 atom stereocenters. The van der Waals surface area contributed by atoms with Crippen LogP contribution in [-0.4, -0.2) is 75.2 Å². The molecule has 258 valence electrons. The minimum absolute atomic E-state index is 0.00164. The Morgan fingerprint density at radius 1 is 1.00 bits per heavy atom.